The minimum atomic E-state index is -0.223. The molecule has 0 bridgehead atoms. The third-order valence-corrected chi connectivity index (χ3v) is 5.98. The van der Waals surface area contributed by atoms with Crippen molar-refractivity contribution in [2.24, 2.45) is 5.11 Å². The summed E-state index contributed by atoms with van der Waals surface area (Å²) in [5, 5.41) is 4.11. The van der Waals surface area contributed by atoms with Gasteiger partial charge >= 0.3 is 150 Å². The second-order valence-electron chi connectivity index (χ2n) is 6.45. The van der Waals surface area contributed by atoms with Crippen molar-refractivity contribution >= 4 is 19.4 Å². The molecule has 0 aliphatic heterocycles. The summed E-state index contributed by atoms with van der Waals surface area (Å²) in [5.41, 5.74) is 9.88. The summed E-state index contributed by atoms with van der Waals surface area (Å²) in [5.74, 6) is 0. The van der Waals surface area contributed by atoms with Crippen LogP contribution in [-0.2, 0) is 4.74 Å². The molecule has 4 nitrogen and oxygen atoms in total. The van der Waals surface area contributed by atoms with Crippen LogP contribution >= 0.6 is 0 Å². The van der Waals surface area contributed by atoms with E-state index < -0.39 is 0 Å². The molecule has 24 heavy (non-hydrogen) atoms. The number of ether oxygens (including phenoxy) is 1. The number of hydrogen-bond acceptors (Lipinski definition) is 2. The van der Waals surface area contributed by atoms with Crippen LogP contribution in [0, 0.1) is 0 Å². The summed E-state index contributed by atoms with van der Waals surface area (Å²) in [6.07, 6.45) is 0. The number of benzene rings is 2. The van der Waals surface area contributed by atoms with E-state index in [1.54, 1.807) is 0 Å². The van der Waals surface area contributed by atoms with E-state index in [9.17, 15) is 0 Å². The zero-order chi connectivity index (χ0) is 17.4. The van der Waals surface area contributed by atoms with Crippen LogP contribution in [0.25, 0.3) is 10.4 Å². The van der Waals surface area contributed by atoms with E-state index in [0.29, 0.717) is 6.61 Å². The van der Waals surface area contributed by atoms with Crippen LogP contribution in [0.4, 0.5) is 0 Å². The van der Waals surface area contributed by atoms with Crippen LogP contribution < -0.4 is 4.46 Å². The molecule has 0 amide bonds. The van der Waals surface area contributed by atoms with Gasteiger partial charge in [0.1, 0.15) is 0 Å². The van der Waals surface area contributed by atoms with Crippen molar-refractivity contribution in [2.45, 2.75) is 37.2 Å². The summed E-state index contributed by atoms with van der Waals surface area (Å²) in [6.45, 7) is 6.71. The van der Waals surface area contributed by atoms with Gasteiger partial charge in [0.05, 0.1) is 0 Å². The molecule has 0 heterocycles. The average Bonchev–Trinajstić information content (AvgIpc) is 2.58. The Bertz CT molecular complexity index is 664. The van der Waals surface area contributed by atoms with Gasteiger partial charge in [0.2, 0.25) is 0 Å². The summed E-state index contributed by atoms with van der Waals surface area (Å²) in [6, 6.07) is 20.1. The first-order chi connectivity index (χ1) is 11.5. The molecular weight excluding hydrogens is 365 g/mol. The zero-order valence-electron chi connectivity index (χ0n) is 14.3. The predicted molar refractivity (Wildman–Crippen MR) is 99.6 cm³/mol. The van der Waals surface area contributed by atoms with E-state index in [0.717, 1.165) is 5.56 Å². The summed E-state index contributed by atoms with van der Waals surface area (Å²) in [7, 11) is 0. The molecule has 0 saturated heterocycles. The van der Waals surface area contributed by atoms with Crippen LogP contribution in [0.2, 0.25) is 4.82 Å². The van der Waals surface area contributed by atoms with E-state index in [1.807, 2.05) is 69.3 Å². The van der Waals surface area contributed by atoms with Crippen LogP contribution in [0.3, 0.4) is 0 Å². The molecule has 0 aromatic heterocycles. The van der Waals surface area contributed by atoms with Crippen molar-refractivity contribution in [1.29, 1.82) is 0 Å². The molecule has 5 heteroatoms. The normalized spacial score (nSPS) is 13.8. The van der Waals surface area contributed by atoms with Gasteiger partial charge in [-0.25, -0.2) is 0 Å². The molecule has 2 aromatic carbocycles. The Hall–Kier alpha value is -1.77. The molecule has 0 radical (unpaired) electrons. The van der Waals surface area contributed by atoms with E-state index in [-0.39, 0.29) is 31.4 Å². The van der Waals surface area contributed by atoms with Crippen molar-refractivity contribution in [1.82, 2.24) is 0 Å². The molecule has 2 aromatic rings. The van der Waals surface area contributed by atoms with Gasteiger partial charge < -0.3 is 0 Å². The van der Waals surface area contributed by atoms with Crippen molar-refractivity contribution in [3.8, 4) is 0 Å². The summed E-state index contributed by atoms with van der Waals surface area (Å²) in [4.78, 5) is 3.24. The van der Waals surface area contributed by atoms with Gasteiger partial charge in [-0.2, -0.15) is 0 Å². The van der Waals surface area contributed by atoms with Crippen molar-refractivity contribution in [2.75, 3.05) is 6.61 Å². The molecule has 2 rings (SSSR count). The molecule has 0 fully saturated rings. The van der Waals surface area contributed by atoms with Gasteiger partial charge in [-0.3, -0.25) is 0 Å². The Morgan fingerprint density at radius 1 is 1.04 bits per heavy atom. The number of rotatable bonds is 7. The van der Waals surface area contributed by atoms with E-state index in [4.69, 9.17) is 10.3 Å². The van der Waals surface area contributed by atoms with Gasteiger partial charge in [0.25, 0.3) is 0 Å². The fraction of sp³-hybridized carbons (Fsp3) is 0.368. The molecule has 2 atom stereocenters. The minimum absolute atomic E-state index is 0.137. The van der Waals surface area contributed by atoms with Gasteiger partial charge in [-0.15, -0.1) is 0 Å². The van der Waals surface area contributed by atoms with Crippen molar-refractivity contribution < 1.29 is 4.74 Å². The first-order valence-corrected chi connectivity index (χ1v) is 9.79. The Morgan fingerprint density at radius 3 is 2.17 bits per heavy atom. The van der Waals surface area contributed by atoms with Crippen molar-refractivity contribution in [3.63, 3.8) is 0 Å². The molecular formula is C19H23N3OSe. The Kier molecular flexibility index (Phi) is 6.89. The van der Waals surface area contributed by atoms with Crippen LogP contribution in [0.1, 0.15) is 32.4 Å². The third kappa shape index (κ3) is 6.03. The second kappa shape index (κ2) is 8.91. The van der Waals surface area contributed by atoms with Crippen LogP contribution in [-0.4, -0.2) is 27.2 Å². The first-order valence-electron chi connectivity index (χ1n) is 7.94. The van der Waals surface area contributed by atoms with Crippen molar-refractivity contribution in [3.05, 3.63) is 76.7 Å². The SMILES string of the molecule is CC(C)(C)OC[C@H]([Se]c1ccccc1)[C@H](N=[N+]=[N-])c1ccccc1. The molecule has 0 aliphatic carbocycles. The first kappa shape index (κ1) is 18.6. The van der Waals surface area contributed by atoms with Gasteiger partial charge in [-0.1, -0.05) is 0 Å². The van der Waals surface area contributed by atoms with Gasteiger partial charge in [-0.05, 0) is 0 Å². The molecule has 0 spiro atoms. The van der Waals surface area contributed by atoms with E-state index >= 15 is 0 Å². The zero-order valence-corrected chi connectivity index (χ0v) is 16.0. The fourth-order valence-electron chi connectivity index (χ4n) is 2.26. The Labute approximate surface area is 150 Å². The third-order valence-electron chi connectivity index (χ3n) is 3.38. The molecule has 0 N–H and O–H groups in total. The van der Waals surface area contributed by atoms with Gasteiger partial charge in [0, 0.05) is 0 Å². The quantitative estimate of drug-likeness (QED) is 0.294. The van der Waals surface area contributed by atoms with Gasteiger partial charge in [0.15, 0.2) is 0 Å². The van der Waals surface area contributed by atoms with E-state index in [1.165, 1.54) is 4.46 Å². The average molecular weight is 388 g/mol. The number of nitrogens with zero attached hydrogens (tertiary/aromatic N) is 3. The monoisotopic (exact) mass is 389 g/mol. The van der Waals surface area contributed by atoms with Crippen LogP contribution in [0.5, 0.6) is 0 Å². The Balaban J connectivity index is 2.28. The molecule has 0 saturated carbocycles. The number of azide groups is 1. The predicted octanol–water partition coefficient (Wildman–Crippen LogP) is 4.67. The maximum atomic E-state index is 9.07. The molecule has 0 aliphatic rings. The van der Waals surface area contributed by atoms with E-state index in [2.05, 4.69) is 22.2 Å². The molecule has 126 valence electrons. The summed E-state index contributed by atoms with van der Waals surface area (Å²) >= 11 is 0.140. The second-order valence-corrected chi connectivity index (χ2v) is 9.21. The molecule has 0 unspecified atom stereocenters. The fourth-order valence-corrected chi connectivity index (χ4v) is 4.65. The van der Waals surface area contributed by atoms with Crippen LogP contribution in [0.15, 0.2) is 65.8 Å². The summed E-state index contributed by atoms with van der Waals surface area (Å²) < 4.78 is 7.32. The topological polar surface area (TPSA) is 58.0 Å². The number of hydrogen-bond donors (Lipinski definition) is 0. The standard InChI is InChI=1S/C19H23N3OSe/c1-19(2,3)23-14-17(24-16-12-8-5-9-13-16)18(21-22-20)15-10-6-4-7-11-15/h4-13,17-18H,14H2,1-3H3/t17-,18+/m0/s1. The maximum absolute atomic E-state index is 9.07. The Morgan fingerprint density at radius 2 is 1.62 bits per heavy atom.